The Morgan fingerprint density at radius 1 is 0.968 bits per heavy atom. The van der Waals surface area contributed by atoms with Crippen molar-refractivity contribution in [3.63, 3.8) is 0 Å². The largest absolute Gasteiger partial charge is 0.392 e. The van der Waals surface area contributed by atoms with Gasteiger partial charge in [0, 0.05) is 31.0 Å². The third kappa shape index (κ3) is 6.43. The first-order valence-corrected chi connectivity index (χ1v) is 11.9. The first-order chi connectivity index (χ1) is 14.9. The van der Waals surface area contributed by atoms with Crippen LogP contribution in [-0.2, 0) is 16.4 Å². The maximum absolute atomic E-state index is 13.3. The van der Waals surface area contributed by atoms with Crippen molar-refractivity contribution in [1.82, 2.24) is 14.3 Å². The van der Waals surface area contributed by atoms with Crippen LogP contribution < -0.4 is 0 Å². The van der Waals surface area contributed by atoms with Gasteiger partial charge in [0.15, 0.2) is 0 Å². The normalized spacial score (nSPS) is 12.9. The minimum atomic E-state index is -3.74. The van der Waals surface area contributed by atoms with Crippen LogP contribution in [-0.4, -0.2) is 47.0 Å². The number of aliphatic hydroxyl groups is 1. The zero-order chi connectivity index (χ0) is 22.3. The number of aliphatic hydroxyl groups excluding tert-OH is 1. The van der Waals surface area contributed by atoms with Crippen LogP contribution in [0.25, 0.3) is 11.3 Å². The fraction of sp³-hybridized carbons (Fsp3) is 0.333. The fourth-order valence-corrected chi connectivity index (χ4v) is 5.02. The minimum absolute atomic E-state index is 0.0687. The number of hydrogen-bond acceptors (Lipinski definition) is 5. The number of nitrogens with zero attached hydrogens (tertiary/aromatic N) is 3. The first-order valence-electron chi connectivity index (χ1n) is 10.4. The Labute approximate surface area is 184 Å². The lowest BCUT2D eigenvalue weighted by atomic mass is 10.1. The second-order valence-corrected chi connectivity index (χ2v) is 9.95. The molecule has 0 fully saturated rings. The van der Waals surface area contributed by atoms with Gasteiger partial charge in [0.2, 0.25) is 10.0 Å². The van der Waals surface area contributed by atoms with Crippen molar-refractivity contribution in [3.05, 3.63) is 78.8 Å². The highest BCUT2D eigenvalue weighted by Crippen LogP contribution is 2.22. The molecule has 0 amide bonds. The number of rotatable bonds is 10. The molecule has 0 aliphatic rings. The molecule has 3 aromatic rings. The Kier molecular flexibility index (Phi) is 7.90. The third-order valence-corrected chi connectivity index (χ3v) is 6.79. The van der Waals surface area contributed by atoms with Gasteiger partial charge in [-0.25, -0.2) is 8.42 Å². The van der Waals surface area contributed by atoms with Crippen molar-refractivity contribution in [3.8, 4) is 11.3 Å². The van der Waals surface area contributed by atoms with Gasteiger partial charge in [0.05, 0.1) is 22.9 Å². The number of aryl methyl sites for hydroxylation is 1. The molecule has 1 heterocycles. The van der Waals surface area contributed by atoms with Crippen molar-refractivity contribution in [2.24, 2.45) is 5.92 Å². The Balaban J connectivity index is 1.73. The summed E-state index contributed by atoms with van der Waals surface area (Å²) in [5.74, 6) is 0.134. The quantitative estimate of drug-likeness (QED) is 0.520. The summed E-state index contributed by atoms with van der Waals surface area (Å²) in [5.41, 5.74) is 2.60. The first kappa shape index (κ1) is 23.1. The molecule has 3 rings (SSSR count). The summed E-state index contributed by atoms with van der Waals surface area (Å²) in [4.78, 5) is 8.50. The van der Waals surface area contributed by atoms with Gasteiger partial charge in [-0.15, -0.1) is 0 Å². The molecule has 164 valence electrons. The molecule has 31 heavy (non-hydrogen) atoms. The Hall–Kier alpha value is -2.61. The molecule has 0 spiro atoms. The molecule has 0 aliphatic carbocycles. The molecular formula is C24H29N3O3S. The molecule has 1 atom stereocenters. The summed E-state index contributed by atoms with van der Waals surface area (Å²) < 4.78 is 28.0. The molecule has 2 aromatic carbocycles. The summed E-state index contributed by atoms with van der Waals surface area (Å²) >= 11 is 0. The highest BCUT2D eigenvalue weighted by Gasteiger charge is 2.27. The van der Waals surface area contributed by atoms with Gasteiger partial charge in [-0.3, -0.25) is 9.97 Å². The van der Waals surface area contributed by atoms with Crippen molar-refractivity contribution >= 4 is 10.0 Å². The van der Waals surface area contributed by atoms with E-state index in [1.54, 1.807) is 42.9 Å². The third-order valence-electron chi connectivity index (χ3n) is 4.94. The molecule has 0 radical (unpaired) electrons. The van der Waals surface area contributed by atoms with E-state index in [2.05, 4.69) is 9.97 Å². The topological polar surface area (TPSA) is 83.4 Å². The maximum atomic E-state index is 13.3. The van der Waals surface area contributed by atoms with E-state index in [9.17, 15) is 13.5 Å². The van der Waals surface area contributed by atoms with Gasteiger partial charge in [0.1, 0.15) is 0 Å². The predicted octanol–water partition coefficient (Wildman–Crippen LogP) is 3.78. The lowest BCUT2D eigenvalue weighted by Gasteiger charge is -2.26. The van der Waals surface area contributed by atoms with Gasteiger partial charge >= 0.3 is 0 Å². The molecule has 6 nitrogen and oxygen atoms in total. The monoisotopic (exact) mass is 439 g/mol. The zero-order valence-corrected chi connectivity index (χ0v) is 18.7. The van der Waals surface area contributed by atoms with Crippen LogP contribution in [0.4, 0.5) is 0 Å². The van der Waals surface area contributed by atoms with Crippen LogP contribution in [0, 0.1) is 5.92 Å². The summed E-state index contributed by atoms with van der Waals surface area (Å²) in [5, 5.41) is 10.6. The number of aromatic nitrogens is 2. The summed E-state index contributed by atoms with van der Waals surface area (Å²) in [7, 11) is -3.74. The average molecular weight is 440 g/mol. The molecule has 0 bridgehead atoms. The molecule has 1 N–H and O–H groups in total. The van der Waals surface area contributed by atoms with E-state index in [1.807, 2.05) is 44.2 Å². The van der Waals surface area contributed by atoms with Crippen LogP contribution in [0.1, 0.15) is 25.8 Å². The van der Waals surface area contributed by atoms with Crippen LogP contribution in [0.15, 0.2) is 78.1 Å². The standard InChI is InChI=1S/C24H29N3O3S/c1-19(2)17-27(18-22(28)11-8-20-6-4-3-5-7-20)31(29,30)23-12-9-21(10-13-23)24-16-25-14-15-26-24/h3-7,9-10,12-16,19,22,28H,8,11,17-18H2,1-2H3/t22-/m1/s1. The average Bonchev–Trinajstić information content (AvgIpc) is 2.78. The van der Waals surface area contributed by atoms with Gasteiger partial charge in [-0.1, -0.05) is 56.3 Å². The van der Waals surface area contributed by atoms with Crippen molar-refractivity contribution in [2.75, 3.05) is 13.1 Å². The highest BCUT2D eigenvalue weighted by atomic mass is 32.2. The highest BCUT2D eigenvalue weighted by molar-refractivity contribution is 7.89. The molecule has 0 saturated heterocycles. The molecule has 0 saturated carbocycles. The van der Waals surface area contributed by atoms with Gasteiger partial charge in [-0.05, 0) is 36.5 Å². The van der Waals surface area contributed by atoms with E-state index in [-0.39, 0.29) is 17.4 Å². The minimum Gasteiger partial charge on any atom is -0.392 e. The van der Waals surface area contributed by atoms with E-state index >= 15 is 0 Å². The summed E-state index contributed by atoms with van der Waals surface area (Å²) in [6, 6.07) is 16.5. The van der Waals surface area contributed by atoms with Gasteiger partial charge < -0.3 is 5.11 Å². The van der Waals surface area contributed by atoms with Crippen LogP contribution in [0.2, 0.25) is 0 Å². The number of benzene rings is 2. The van der Waals surface area contributed by atoms with E-state index in [4.69, 9.17) is 0 Å². The smallest absolute Gasteiger partial charge is 0.243 e. The van der Waals surface area contributed by atoms with Gasteiger partial charge in [-0.2, -0.15) is 4.31 Å². The second-order valence-electron chi connectivity index (χ2n) is 8.01. The predicted molar refractivity (Wildman–Crippen MR) is 122 cm³/mol. The molecule has 1 aromatic heterocycles. The molecule has 7 heteroatoms. The van der Waals surface area contributed by atoms with E-state index in [1.165, 1.54) is 4.31 Å². The lowest BCUT2D eigenvalue weighted by Crippen LogP contribution is -2.40. The van der Waals surface area contributed by atoms with Crippen LogP contribution in [0.5, 0.6) is 0 Å². The van der Waals surface area contributed by atoms with Gasteiger partial charge in [0.25, 0.3) is 0 Å². The van der Waals surface area contributed by atoms with Crippen molar-refractivity contribution < 1.29 is 13.5 Å². The van der Waals surface area contributed by atoms with E-state index < -0.39 is 16.1 Å². The number of sulfonamides is 1. The van der Waals surface area contributed by atoms with E-state index in [0.29, 0.717) is 25.1 Å². The summed E-state index contributed by atoms with van der Waals surface area (Å²) in [6.07, 6.45) is 5.28. The fourth-order valence-electron chi connectivity index (χ4n) is 3.38. The van der Waals surface area contributed by atoms with Crippen molar-refractivity contribution in [1.29, 1.82) is 0 Å². The Morgan fingerprint density at radius 3 is 2.29 bits per heavy atom. The zero-order valence-electron chi connectivity index (χ0n) is 17.9. The Bertz CT molecular complexity index is 1040. The molecular weight excluding hydrogens is 410 g/mol. The SMILES string of the molecule is CC(C)CN(C[C@H](O)CCc1ccccc1)S(=O)(=O)c1ccc(-c2cnccn2)cc1. The maximum Gasteiger partial charge on any atom is 0.243 e. The number of hydrogen-bond donors (Lipinski definition) is 1. The molecule has 0 aliphatic heterocycles. The molecule has 0 unspecified atom stereocenters. The summed E-state index contributed by atoms with van der Waals surface area (Å²) in [6.45, 7) is 4.35. The van der Waals surface area contributed by atoms with Crippen molar-refractivity contribution in [2.45, 2.75) is 37.7 Å². The Morgan fingerprint density at radius 2 is 1.68 bits per heavy atom. The van der Waals surface area contributed by atoms with E-state index in [0.717, 1.165) is 11.1 Å². The lowest BCUT2D eigenvalue weighted by molar-refractivity contribution is 0.133. The second kappa shape index (κ2) is 10.6. The van der Waals surface area contributed by atoms with Crippen LogP contribution >= 0.6 is 0 Å². The van der Waals surface area contributed by atoms with Crippen LogP contribution in [0.3, 0.4) is 0 Å².